The van der Waals surface area contributed by atoms with Gasteiger partial charge >= 0.3 is 0 Å². The zero-order valence-corrected chi connectivity index (χ0v) is 11.0. The van der Waals surface area contributed by atoms with Crippen molar-refractivity contribution < 1.29 is 9.18 Å². The number of anilines is 2. The highest BCUT2D eigenvalue weighted by atomic mass is 35.5. The van der Waals surface area contributed by atoms with Gasteiger partial charge in [0.15, 0.2) is 0 Å². The number of carbonyl (C=O) groups excluding carboxylic acids is 1. The molecule has 0 unspecified atom stereocenters. The Kier molecular flexibility index (Phi) is 3.71. The Morgan fingerprint density at radius 1 is 1.26 bits per heavy atom. The van der Waals surface area contributed by atoms with Crippen molar-refractivity contribution in [2.75, 3.05) is 11.1 Å². The standard InChI is InChI=1S/C14H12ClFN2O/c1-8-4-9(2-3-13(8)15)14(19)18-12-6-10(16)5-11(17)7-12/h2-7H,17H2,1H3,(H,18,19). The predicted octanol–water partition coefficient (Wildman–Crippen LogP) is 3.62. The minimum Gasteiger partial charge on any atom is -0.399 e. The van der Waals surface area contributed by atoms with Gasteiger partial charge in [0.2, 0.25) is 0 Å². The highest BCUT2D eigenvalue weighted by Crippen LogP contribution is 2.19. The van der Waals surface area contributed by atoms with Gasteiger partial charge in [0, 0.05) is 22.0 Å². The zero-order chi connectivity index (χ0) is 14.0. The van der Waals surface area contributed by atoms with E-state index in [4.69, 9.17) is 17.3 Å². The third-order valence-corrected chi connectivity index (χ3v) is 3.02. The molecule has 0 aliphatic rings. The first-order valence-corrected chi connectivity index (χ1v) is 5.97. The van der Waals surface area contributed by atoms with E-state index in [0.29, 0.717) is 16.3 Å². The molecule has 19 heavy (non-hydrogen) atoms. The Balaban J connectivity index is 2.22. The first-order chi connectivity index (χ1) is 8.95. The van der Waals surface area contributed by atoms with Crippen molar-refractivity contribution in [3.8, 4) is 0 Å². The molecule has 0 heterocycles. The van der Waals surface area contributed by atoms with Crippen LogP contribution in [-0.4, -0.2) is 5.91 Å². The lowest BCUT2D eigenvalue weighted by molar-refractivity contribution is 0.102. The average Bonchev–Trinajstić information content (AvgIpc) is 2.31. The molecular weight excluding hydrogens is 267 g/mol. The van der Waals surface area contributed by atoms with Crippen molar-refractivity contribution in [3.63, 3.8) is 0 Å². The van der Waals surface area contributed by atoms with Gasteiger partial charge in [-0.25, -0.2) is 4.39 Å². The van der Waals surface area contributed by atoms with Gasteiger partial charge in [0.05, 0.1) is 0 Å². The summed E-state index contributed by atoms with van der Waals surface area (Å²) in [5, 5.41) is 3.17. The quantitative estimate of drug-likeness (QED) is 0.824. The second-order valence-corrected chi connectivity index (χ2v) is 4.60. The molecule has 2 aromatic rings. The zero-order valence-electron chi connectivity index (χ0n) is 10.2. The number of rotatable bonds is 2. The minimum atomic E-state index is -0.498. The van der Waals surface area contributed by atoms with Gasteiger partial charge in [-0.3, -0.25) is 4.79 Å². The third-order valence-electron chi connectivity index (χ3n) is 2.60. The van der Waals surface area contributed by atoms with Crippen LogP contribution in [0.3, 0.4) is 0 Å². The smallest absolute Gasteiger partial charge is 0.255 e. The SMILES string of the molecule is Cc1cc(C(=O)Nc2cc(N)cc(F)c2)ccc1Cl. The van der Waals surface area contributed by atoms with Crippen molar-refractivity contribution in [1.29, 1.82) is 0 Å². The number of hydrogen-bond acceptors (Lipinski definition) is 2. The van der Waals surface area contributed by atoms with E-state index in [2.05, 4.69) is 5.32 Å². The first kappa shape index (κ1) is 13.4. The number of benzene rings is 2. The summed E-state index contributed by atoms with van der Waals surface area (Å²) < 4.78 is 13.1. The largest absolute Gasteiger partial charge is 0.399 e. The number of nitrogen functional groups attached to an aromatic ring is 1. The van der Waals surface area contributed by atoms with Gasteiger partial charge in [0.25, 0.3) is 5.91 Å². The molecule has 0 atom stereocenters. The summed E-state index contributed by atoms with van der Waals surface area (Å²) >= 11 is 5.89. The van der Waals surface area contributed by atoms with Gasteiger partial charge in [-0.05, 0) is 48.9 Å². The summed E-state index contributed by atoms with van der Waals surface area (Å²) in [5.41, 5.74) is 7.32. The molecule has 0 aliphatic carbocycles. The topological polar surface area (TPSA) is 55.1 Å². The van der Waals surface area contributed by atoms with Crippen molar-refractivity contribution in [2.45, 2.75) is 6.92 Å². The second-order valence-electron chi connectivity index (χ2n) is 4.19. The molecule has 0 aliphatic heterocycles. The van der Waals surface area contributed by atoms with Crippen LogP contribution in [-0.2, 0) is 0 Å². The number of nitrogens with one attached hydrogen (secondary N) is 1. The fourth-order valence-electron chi connectivity index (χ4n) is 1.67. The Bertz CT molecular complexity index is 623. The van der Waals surface area contributed by atoms with Gasteiger partial charge in [-0.15, -0.1) is 0 Å². The van der Waals surface area contributed by atoms with Crippen LogP contribution in [0.25, 0.3) is 0 Å². The number of halogens is 2. The lowest BCUT2D eigenvalue weighted by atomic mass is 10.1. The Morgan fingerprint density at radius 3 is 2.63 bits per heavy atom. The summed E-state index contributed by atoms with van der Waals surface area (Å²) in [6, 6.07) is 8.79. The summed E-state index contributed by atoms with van der Waals surface area (Å²) in [4.78, 5) is 12.0. The summed E-state index contributed by atoms with van der Waals surface area (Å²) in [7, 11) is 0. The average molecular weight is 279 g/mol. The van der Waals surface area contributed by atoms with Crippen LogP contribution in [0.2, 0.25) is 5.02 Å². The van der Waals surface area contributed by atoms with Gasteiger partial charge in [-0.1, -0.05) is 11.6 Å². The van der Waals surface area contributed by atoms with E-state index in [9.17, 15) is 9.18 Å². The van der Waals surface area contributed by atoms with Crippen LogP contribution in [0.4, 0.5) is 15.8 Å². The fourth-order valence-corrected chi connectivity index (χ4v) is 1.79. The molecule has 1 amide bonds. The number of nitrogens with two attached hydrogens (primary N) is 1. The van der Waals surface area contributed by atoms with E-state index in [1.807, 2.05) is 0 Å². The van der Waals surface area contributed by atoms with E-state index in [0.717, 1.165) is 5.56 Å². The van der Waals surface area contributed by atoms with Crippen molar-refractivity contribution >= 4 is 28.9 Å². The van der Waals surface area contributed by atoms with E-state index in [1.54, 1.807) is 25.1 Å². The molecule has 0 saturated heterocycles. The number of aryl methyl sites for hydroxylation is 1. The van der Waals surface area contributed by atoms with Crippen LogP contribution < -0.4 is 11.1 Å². The maximum atomic E-state index is 13.1. The highest BCUT2D eigenvalue weighted by molar-refractivity contribution is 6.31. The third kappa shape index (κ3) is 3.23. The molecular formula is C14H12ClFN2O. The van der Waals surface area contributed by atoms with Crippen LogP contribution >= 0.6 is 11.6 Å². The van der Waals surface area contributed by atoms with E-state index in [-0.39, 0.29) is 11.6 Å². The molecule has 0 radical (unpaired) electrons. The fraction of sp³-hybridized carbons (Fsp3) is 0.0714. The number of carbonyl (C=O) groups is 1. The Labute approximate surface area is 115 Å². The highest BCUT2D eigenvalue weighted by Gasteiger charge is 2.08. The van der Waals surface area contributed by atoms with Crippen molar-refractivity contribution in [3.05, 3.63) is 58.4 Å². The molecule has 0 saturated carbocycles. The summed E-state index contributed by atoms with van der Waals surface area (Å²) in [5.74, 6) is -0.840. The summed E-state index contributed by atoms with van der Waals surface area (Å²) in [6.45, 7) is 1.80. The lowest BCUT2D eigenvalue weighted by Gasteiger charge is -2.07. The molecule has 2 rings (SSSR count). The molecule has 5 heteroatoms. The first-order valence-electron chi connectivity index (χ1n) is 5.59. The molecule has 98 valence electrons. The molecule has 0 aromatic heterocycles. The molecule has 3 N–H and O–H groups in total. The van der Waals surface area contributed by atoms with E-state index >= 15 is 0 Å². The van der Waals surface area contributed by atoms with Gasteiger partial charge in [0.1, 0.15) is 5.82 Å². The normalized spacial score (nSPS) is 10.3. The molecule has 0 spiro atoms. The van der Waals surface area contributed by atoms with Gasteiger partial charge in [-0.2, -0.15) is 0 Å². The summed E-state index contributed by atoms with van der Waals surface area (Å²) in [6.07, 6.45) is 0. The van der Waals surface area contributed by atoms with Crippen LogP contribution in [0.1, 0.15) is 15.9 Å². The maximum absolute atomic E-state index is 13.1. The molecule has 3 nitrogen and oxygen atoms in total. The number of hydrogen-bond donors (Lipinski definition) is 2. The predicted molar refractivity (Wildman–Crippen MR) is 75.0 cm³/mol. The second kappa shape index (κ2) is 5.28. The Hall–Kier alpha value is -2.07. The van der Waals surface area contributed by atoms with Crippen LogP contribution in [0.15, 0.2) is 36.4 Å². The number of amides is 1. The van der Waals surface area contributed by atoms with Crippen molar-refractivity contribution in [1.82, 2.24) is 0 Å². The van der Waals surface area contributed by atoms with E-state index < -0.39 is 5.82 Å². The van der Waals surface area contributed by atoms with Crippen LogP contribution in [0, 0.1) is 12.7 Å². The lowest BCUT2D eigenvalue weighted by Crippen LogP contribution is -2.12. The Morgan fingerprint density at radius 2 is 2.00 bits per heavy atom. The molecule has 2 aromatic carbocycles. The monoisotopic (exact) mass is 278 g/mol. The van der Waals surface area contributed by atoms with Crippen LogP contribution in [0.5, 0.6) is 0 Å². The van der Waals surface area contributed by atoms with Crippen molar-refractivity contribution in [2.24, 2.45) is 0 Å². The molecule has 0 bridgehead atoms. The maximum Gasteiger partial charge on any atom is 0.255 e. The minimum absolute atomic E-state index is 0.252. The van der Waals surface area contributed by atoms with Gasteiger partial charge < -0.3 is 11.1 Å². The molecule has 0 fully saturated rings. The van der Waals surface area contributed by atoms with E-state index in [1.165, 1.54) is 18.2 Å².